The third kappa shape index (κ3) is 5.02. The van der Waals surface area contributed by atoms with Crippen molar-refractivity contribution in [1.82, 2.24) is 10.3 Å². The highest BCUT2D eigenvalue weighted by Crippen LogP contribution is 2.23. The number of nitrogens with zero attached hydrogens (tertiary/aromatic N) is 1. The van der Waals surface area contributed by atoms with Gasteiger partial charge < -0.3 is 21.1 Å². The number of alkyl carbamates (subject to hydrolysis) is 1. The molecule has 124 valence electrons. The maximum Gasteiger partial charge on any atom is 0.407 e. The zero-order valence-electron chi connectivity index (χ0n) is 14.0. The fraction of sp³-hybridized carbons (Fsp3) is 0.412. The number of hydrogen-bond donors (Lipinski definition) is 3. The van der Waals surface area contributed by atoms with E-state index in [-0.39, 0.29) is 6.04 Å². The van der Waals surface area contributed by atoms with Crippen molar-refractivity contribution < 1.29 is 9.53 Å². The minimum Gasteiger partial charge on any atom is -0.444 e. The van der Waals surface area contributed by atoms with Crippen LogP contribution in [0.2, 0.25) is 0 Å². The van der Waals surface area contributed by atoms with Gasteiger partial charge in [0.15, 0.2) is 0 Å². The Labute approximate surface area is 136 Å². The fourth-order valence-corrected chi connectivity index (χ4v) is 2.14. The molecule has 4 N–H and O–H groups in total. The van der Waals surface area contributed by atoms with E-state index >= 15 is 0 Å². The van der Waals surface area contributed by atoms with Gasteiger partial charge in [0, 0.05) is 35.5 Å². The smallest absolute Gasteiger partial charge is 0.407 e. The Morgan fingerprint density at radius 1 is 1.35 bits per heavy atom. The summed E-state index contributed by atoms with van der Waals surface area (Å²) in [6, 6.07) is 7.40. The average Bonchev–Trinajstić information content (AvgIpc) is 2.42. The summed E-state index contributed by atoms with van der Waals surface area (Å²) in [5.74, 6) is 0. The zero-order chi connectivity index (χ0) is 17.0. The highest BCUT2D eigenvalue weighted by molar-refractivity contribution is 5.93. The third-order valence-electron chi connectivity index (χ3n) is 3.13. The molecule has 0 fully saturated rings. The highest BCUT2D eigenvalue weighted by atomic mass is 16.6. The Morgan fingerprint density at radius 3 is 2.78 bits per heavy atom. The summed E-state index contributed by atoms with van der Waals surface area (Å²) in [5, 5.41) is 7.07. The molecule has 1 heterocycles. The first-order valence-corrected chi connectivity index (χ1v) is 7.62. The number of rotatable bonds is 4. The van der Waals surface area contributed by atoms with Crippen LogP contribution in [0.1, 0.15) is 27.7 Å². The molecular formula is C17H24N4O2. The van der Waals surface area contributed by atoms with Crippen molar-refractivity contribution in [2.45, 2.75) is 39.3 Å². The summed E-state index contributed by atoms with van der Waals surface area (Å²) in [7, 11) is 0. The van der Waals surface area contributed by atoms with Crippen LogP contribution in [0.3, 0.4) is 0 Å². The molecule has 6 heteroatoms. The second kappa shape index (κ2) is 6.73. The number of ether oxygens (including phenoxy) is 1. The van der Waals surface area contributed by atoms with Crippen LogP contribution in [0.15, 0.2) is 30.5 Å². The molecule has 1 aromatic carbocycles. The number of anilines is 2. The van der Waals surface area contributed by atoms with E-state index in [4.69, 9.17) is 10.5 Å². The predicted molar refractivity (Wildman–Crippen MR) is 93.5 cm³/mol. The van der Waals surface area contributed by atoms with E-state index in [1.54, 1.807) is 6.20 Å². The Hall–Kier alpha value is -2.50. The largest absolute Gasteiger partial charge is 0.444 e. The Bertz CT molecular complexity index is 695. The van der Waals surface area contributed by atoms with Crippen molar-refractivity contribution in [2.75, 3.05) is 17.6 Å². The number of carbonyl (C=O) groups is 1. The number of benzene rings is 1. The first kappa shape index (κ1) is 16.9. The first-order valence-electron chi connectivity index (χ1n) is 7.62. The lowest BCUT2D eigenvalue weighted by molar-refractivity contribution is 0.0511. The number of hydrogen-bond acceptors (Lipinski definition) is 5. The molecule has 1 atom stereocenters. The Morgan fingerprint density at radius 2 is 2.09 bits per heavy atom. The first-order chi connectivity index (χ1) is 10.7. The number of fused-ring (bicyclic) bond motifs is 1. The normalized spacial score (nSPS) is 12.7. The fourth-order valence-electron chi connectivity index (χ4n) is 2.14. The van der Waals surface area contributed by atoms with E-state index in [1.165, 1.54) is 0 Å². The van der Waals surface area contributed by atoms with Crippen LogP contribution in [0, 0.1) is 0 Å². The molecule has 0 radical (unpaired) electrons. The van der Waals surface area contributed by atoms with Gasteiger partial charge in [0.05, 0.1) is 5.52 Å². The summed E-state index contributed by atoms with van der Waals surface area (Å²) < 4.78 is 5.24. The molecule has 2 rings (SSSR count). The van der Waals surface area contributed by atoms with Crippen molar-refractivity contribution in [1.29, 1.82) is 0 Å². The number of carbonyl (C=O) groups excluding carboxylic acids is 1. The molecule has 23 heavy (non-hydrogen) atoms. The molecular weight excluding hydrogens is 292 g/mol. The van der Waals surface area contributed by atoms with Gasteiger partial charge in [-0.15, -0.1) is 0 Å². The molecule has 1 amide bonds. The Balaban J connectivity index is 1.98. The SMILES string of the molecule is C[C@H](CNc1ccnc2ccc(N)cc12)NC(=O)OC(C)(C)C. The lowest BCUT2D eigenvalue weighted by atomic mass is 10.1. The summed E-state index contributed by atoms with van der Waals surface area (Å²) in [5.41, 5.74) is 7.83. The maximum atomic E-state index is 11.7. The molecule has 1 aromatic heterocycles. The van der Waals surface area contributed by atoms with E-state index < -0.39 is 11.7 Å². The van der Waals surface area contributed by atoms with Gasteiger partial charge in [-0.05, 0) is 52.0 Å². The highest BCUT2D eigenvalue weighted by Gasteiger charge is 2.17. The number of amides is 1. The summed E-state index contributed by atoms with van der Waals surface area (Å²) in [6.45, 7) is 7.98. The van der Waals surface area contributed by atoms with Crippen LogP contribution in [-0.2, 0) is 4.74 Å². The zero-order valence-corrected chi connectivity index (χ0v) is 14.0. The second-order valence-electron chi connectivity index (χ2n) is 6.56. The van der Waals surface area contributed by atoms with Crippen molar-refractivity contribution in [2.24, 2.45) is 0 Å². The van der Waals surface area contributed by atoms with Gasteiger partial charge in [0.2, 0.25) is 0 Å². The van der Waals surface area contributed by atoms with Gasteiger partial charge in [-0.1, -0.05) is 0 Å². The van der Waals surface area contributed by atoms with Crippen molar-refractivity contribution in [3.63, 3.8) is 0 Å². The molecule has 0 spiro atoms. The Kier molecular flexibility index (Phi) is 4.93. The van der Waals surface area contributed by atoms with Crippen LogP contribution in [0.5, 0.6) is 0 Å². The number of pyridine rings is 1. The lowest BCUT2D eigenvalue weighted by Crippen LogP contribution is -2.40. The van der Waals surface area contributed by atoms with Crippen molar-refractivity contribution >= 4 is 28.4 Å². The van der Waals surface area contributed by atoms with Gasteiger partial charge >= 0.3 is 6.09 Å². The van der Waals surface area contributed by atoms with Crippen LogP contribution in [0.25, 0.3) is 10.9 Å². The number of nitrogens with two attached hydrogens (primary N) is 1. The maximum absolute atomic E-state index is 11.7. The van der Waals surface area contributed by atoms with E-state index in [9.17, 15) is 4.79 Å². The minimum absolute atomic E-state index is 0.0888. The molecule has 0 aliphatic carbocycles. The predicted octanol–water partition coefficient (Wildman–Crippen LogP) is 3.14. The van der Waals surface area contributed by atoms with Crippen molar-refractivity contribution in [3.05, 3.63) is 30.5 Å². The molecule has 0 unspecified atom stereocenters. The minimum atomic E-state index is -0.504. The molecule has 0 saturated heterocycles. The van der Waals surface area contributed by atoms with E-state index in [0.717, 1.165) is 16.6 Å². The van der Waals surface area contributed by atoms with E-state index in [1.807, 2.05) is 52.0 Å². The molecule has 6 nitrogen and oxygen atoms in total. The second-order valence-corrected chi connectivity index (χ2v) is 6.56. The third-order valence-corrected chi connectivity index (χ3v) is 3.13. The lowest BCUT2D eigenvalue weighted by Gasteiger charge is -2.22. The van der Waals surface area contributed by atoms with Gasteiger partial charge in [0.1, 0.15) is 5.60 Å². The summed E-state index contributed by atoms with van der Waals surface area (Å²) >= 11 is 0. The summed E-state index contributed by atoms with van der Waals surface area (Å²) in [6.07, 6.45) is 1.32. The van der Waals surface area contributed by atoms with E-state index in [2.05, 4.69) is 15.6 Å². The number of aromatic nitrogens is 1. The van der Waals surface area contributed by atoms with Crippen LogP contribution >= 0.6 is 0 Å². The van der Waals surface area contributed by atoms with Crippen LogP contribution in [-0.4, -0.2) is 29.3 Å². The monoisotopic (exact) mass is 316 g/mol. The van der Waals surface area contributed by atoms with Gasteiger partial charge in [-0.3, -0.25) is 4.98 Å². The molecule has 0 aliphatic heterocycles. The van der Waals surface area contributed by atoms with Crippen molar-refractivity contribution in [3.8, 4) is 0 Å². The number of nitrogens with one attached hydrogen (secondary N) is 2. The average molecular weight is 316 g/mol. The van der Waals surface area contributed by atoms with Gasteiger partial charge in [-0.25, -0.2) is 4.79 Å². The van der Waals surface area contributed by atoms with Gasteiger partial charge in [-0.2, -0.15) is 0 Å². The number of nitrogen functional groups attached to an aromatic ring is 1. The van der Waals surface area contributed by atoms with Crippen LogP contribution < -0.4 is 16.4 Å². The molecule has 0 aliphatic rings. The van der Waals surface area contributed by atoms with E-state index in [0.29, 0.717) is 12.2 Å². The topological polar surface area (TPSA) is 89.3 Å². The van der Waals surface area contributed by atoms with Crippen LogP contribution in [0.4, 0.5) is 16.2 Å². The standard InChI is InChI=1S/C17H24N4O2/c1-11(21-16(22)23-17(2,3)4)10-20-15-7-8-19-14-6-5-12(18)9-13(14)15/h5-9,11H,10,18H2,1-4H3,(H,19,20)(H,21,22)/t11-/m1/s1. The summed E-state index contributed by atoms with van der Waals surface area (Å²) in [4.78, 5) is 16.1. The molecule has 2 aromatic rings. The molecule has 0 saturated carbocycles. The quantitative estimate of drug-likeness (QED) is 0.754. The molecule has 0 bridgehead atoms. The van der Waals surface area contributed by atoms with Gasteiger partial charge in [0.25, 0.3) is 0 Å².